The van der Waals surface area contributed by atoms with Crippen LogP contribution in [0.1, 0.15) is 34.7 Å². The molecule has 0 bridgehead atoms. The van der Waals surface area contributed by atoms with Crippen molar-refractivity contribution in [2.24, 2.45) is 0 Å². The number of imidazole rings is 1. The third kappa shape index (κ3) is 6.04. The third-order valence-corrected chi connectivity index (χ3v) is 11.2. The number of aromatic nitrogens is 3. The molecule has 1 aliphatic carbocycles. The van der Waals surface area contributed by atoms with Crippen LogP contribution in [0.4, 0.5) is 0 Å². The molecule has 4 nitrogen and oxygen atoms in total. The molecule has 0 radical (unpaired) electrons. The van der Waals surface area contributed by atoms with Crippen molar-refractivity contribution in [3.8, 4) is 78.6 Å². The second-order valence-corrected chi connectivity index (χ2v) is 14.9. The number of phenolic OH excluding ortho intramolecular Hbond substituents is 1. The predicted molar refractivity (Wildman–Crippen MR) is 229 cm³/mol. The van der Waals surface area contributed by atoms with Crippen LogP contribution in [0.15, 0.2) is 170 Å². The maximum Gasteiger partial charge on any atom is 0.148 e. The van der Waals surface area contributed by atoms with E-state index in [0.29, 0.717) is 16.9 Å². The van der Waals surface area contributed by atoms with Crippen LogP contribution in [-0.4, -0.2) is 19.6 Å². The summed E-state index contributed by atoms with van der Waals surface area (Å²) in [7, 11) is 0. The molecule has 0 saturated carbocycles. The van der Waals surface area contributed by atoms with Gasteiger partial charge < -0.3 is 5.11 Å². The average molecular weight is 919 g/mol. The Morgan fingerprint density at radius 2 is 1.33 bits per heavy atom. The Kier molecular flexibility index (Phi) is 8.24. The molecule has 9 aromatic rings. The van der Waals surface area contributed by atoms with E-state index in [2.05, 4.69) is 74.5 Å². The molecule has 10 rings (SSSR count). The number of rotatable bonds is 6. The Morgan fingerprint density at radius 3 is 2.11 bits per heavy atom. The van der Waals surface area contributed by atoms with Gasteiger partial charge in [0, 0.05) is 48.0 Å². The first-order valence-corrected chi connectivity index (χ1v) is 18.8. The van der Waals surface area contributed by atoms with Crippen molar-refractivity contribution >= 4 is 11.0 Å². The standard InChI is InChI=1S/C52H38N3O.Pt/c1-33-25-26-46(41(29-33)35-17-8-5-9-18-35)55-47-23-14-21-38(50(47)54-51(55)40-20-11-13-24-48(40)56)42-30-37(45-32-36(27-28-53-45)34-15-6-4-7-16-34)31-44-49(42)39-19-10-12-22-43(39)52(44,2)3;/h4-29,31-32,56H,1-3H3;/q-1;/i1D3;. The predicted octanol–water partition coefficient (Wildman–Crippen LogP) is 12.9. The number of hydrogen-bond acceptors (Lipinski definition) is 3. The molecule has 5 heteroatoms. The molecule has 7 aromatic carbocycles. The molecule has 2 heterocycles. The molecule has 0 unspecified atom stereocenters. The number of para-hydroxylation sites is 2. The van der Waals surface area contributed by atoms with Gasteiger partial charge in [-0.2, -0.15) is 0 Å². The minimum Gasteiger partial charge on any atom is -0.507 e. The number of phenols is 1. The first-order chi connectivity index (χ1) is 28.6. The SMILES string of the molecule is [2H]C([2H])([2H])c1ccc(-n2c(-c3ccccc3O)nc3c(-c4[c-]c(-c5cc(-c6ccccc6)ccn5)cc5c4-c4ccccc4C5(C)C)cccc32)c(-c2ccccc2)c1.[Pt]. The molecule has 0 fully saturated rings. The van der Waals surface area contributed by atoms with Crippen LogP contribution in [0.3, 0.4) is 0 Å². The van der Waals surface area contributed by atoms with Crippen LogP contribution in [0.2, 0.25) is 0 Å². The normalized spacial score (nSPS) is 13.5. The zero-order chi connectivity index (χ0) is 40.5. The van der Waals surface area contributed by atoms with E-state index in [4.69, 9.17) is 14.1 Å². The zero-order valence-corrected chi connectivity index (χ0v) is 33.5. The first kappa shape index (κ1) is 32.8. The molecule has 2 aromatic heterocycles. The average Bonchev–Trinajstić information content (AvgIpc) is 3.76. The van der Waals surface area contributed by atoms with Crippen molar-refractivity contribution in [3.05, 3.63) is 193 Å². The van der Waals surface area contributed by atoms with Gasteiger partial charge in [0.25, 0.3) is 0 Å². The van der Waals surface area contributed by atoms with Crippen molar-refractivity contribution in [1.82, 2.24) is 14.5 Å². The summed E-state index contributed by atoms with van der Waals surface area (Å²) in [5.74, 6) is 0.607. The van der Waals surface area contributed by atoms with E-state index in [1.54, 1.807) is 24.3 Å². The number of nitrogens with zero attached hydrogens (tertiary/aromatic N) is 3. The van der Waals surface area contributed by atoms with Gasteiger partial charge in [-0.3, -0.25) is 9.55 Å². The topological polar surface area (TPSA) is 50.9 Å². The van der Waals surface area contributed by atoms with Gasteiger partial charge in [-0.1, -0.05) is 163 Å². The Morgan fingerprint density at radius 1 is 0.632 bits per heavy atom. The second-order valence-electron chi connectivity index (χ2n) is 14.9. The van der Waals surface area contributed by atoms with Gasteiger partial charge in [0.2, 0.25) is 0 Å². The van der Waals surface area contributed by atoms with Crippen molar-refractivity contribution < 1.29 is 30.3 Å². The molecule has 57 heavy (non-hydrogen) atoms. The van der Waals surface area contributed by atoms with E-state index in [9.17, 15) is 5.11 Å². The largest absolute Gasteiger partial charge is 0.507 e. The maximum atomic E-state index is 11.4. The summed E-state index contributed by atoms with van der Waals surface area (Å²) in [6.45, 7) is 2.24. The zero-order valence-electron chi connectivity index (χ0n) is 34.3. The third-order valence-electron chi connectivity index (χ3n) is 11.2. The van der Waals surface area contributed by atoms with Crippen LogP contribution in [0.5, 0.6) is 5.75 Å². The van der Waals surface area contributed by atoms with Gasteiger partial charge in [-0.25, -0.2) is 4.98 Å². The van der Waals surface area contributed by atoms with Gasteiger partial charge in [-0.15, -0.1) is 17.7 Å². The van der Waals surface area contributed by atoms with Crippen molar-refractivity contribution in [2.75, 3.05) is 0 Å². The van der Waals surface area contributed by atoms with Crippen molar-refractivity contribution in [3.63, 3.8) is 0 Å². The maximum absolute atomic E-state index is 11.4. The summed E-state index contributed by atoms with van der Waals surface area (Å²) in [6.07, 6.45) is 1.86. The van der Waals surface area contributed by atoms with E-state index in [-0.39, 0.29) is 37.8 Å². The van der Waals surface area contributed by atoms with Gasteiger partial charge in [0.05, 0.1) is 22.3 Å². The number of fused-ring (bicyclic) bond motifs is 4. The molecule has 0 amide bonds. The van der Waals surface area contributed by atoms with Gasteiger partial charge in [0.15, 0.2) is 0 Å². The molecule has 1 N–H and O–H groups in total. The summed E-state index contributed by atoms with van der Waals surface area (Å²) < 4.78 is 26.9. The molecule has 0 spiro atoms. The van der Waals surface area contributed by atoms with Crippen LogP contribution < -0.4 is 0 Å². The quantitative estimate of drug-likeness (QED) is 0.169. The Hall–Kier alpha value is -6.35. The minimum atomic E-state index is -2.31. The molecule has 0 saturated heterocycles. The Labute approximate surface area is 351 Å². The number of benzene rings is 7. The Bertz CT molecular complexity index is 3080. The number of pyridine rings is 1. The number of hydrogen-bond donors (Lipinski definition) is 1. The smallest absolute Gasteiger partial charge is 0.148 e. The fourth-order valence-corrected chi connectivity index (χ4v) is 8.44. The second kappa shape index (κ2) is 14.3. The molecular formula is C52H38N3OPt-. The van der Waals surface area contributed by atoms with E-state index in [1.807, 2.05) is 95.7 Å². The van der Waals surface area contributed by atoms with E-state index >= 15 is 0 Å². The fourth-order valence-electron chi connectivity index (χ4n) is 8.44. The van der Waals surface area contributed by atoms with E-state index in [1.165, 1.54) is 11.1 Å². The van der Waals surface area contributed by atoms with Crippen LogP contribution >= 0.6 is 0 Å². The summed E-state index contributed by atoms with van der Waals surface area (Å²) in [4.78, 5) is 10.3. The van der Waals surface area contributed by atoms with E-state index in [0.717, 1.165) is 67.0 Å². The number of aromatic hydroxyl groups is 1. The molecule has 0 aliphatic heterocycles. The summed E-state index contributed by atoms with van der Waals surface area (Å²) >= 11 is 0. The monoisotopic (exact) mass is 918 g/mol. The van der Waals surface area contributed by atoms with Crippen LogP contribution in [0.25, 0.3) is 83.9 Å². The first-order valence-electron chi connectivity index (χ1n) is 20.3. The molecular weight excluding hydrogens is 878 g/mol. The molecule has 1 aliphatic rings. The van der Waals surface area contributed by atoms with Crippen molar-refractivity contribution in [2.45, 2.75) is 26.1 Å². The summed E-state index contributed by atoms with van der Waals surface area (Å²) in [6, 6.07) is 57.7. The van der Waals surface area contributed by atoms with Gasteiger partial charge in [0.1, 0.15) is 11.6 Å². The van der Waals surface area contributed by atoms with Crippen LogP contribution in [0, 0.1) is 12.9 Å². The number of aryl methyl sites for hydroxylation is 1. The van der Waals surface area contributed by atoms with E-state index < -0.39 is 6.85 Å². The Balaban J connectivity index is 0.00000462. The molecule has 0 atom stereocenters. The van der Waals surface area contributed by atoms with Crippen LogP contribution in [-0.2, 0) is 26.5 Å². The molecule has 278 valence electrons. The summed E-state index contributed by atoms with van der Waals surface area (Å²) in [5.41, 5.74) is 14.6. The van der Waals surface area contributed by atoms with Gasteiger partial charge in [-0.05, 0) is 71.1 Å². The fraction of sp³-hybridized carbons (Fsp3) is 0.0769. The summed E-state index contributed by atoms with van der Waals surface area (Å²) in [5, 5.41) is 11.4. The van der Waals surface area contributed by atoms with Crippen molar-refractivity contribution in [1.29, 1.82) is 0 Å². The minimum absolute atomic E-state index is 0. The van der Waals surface area contributed by atoms with Gasteiger partial charge >= 0.3 is 0 Å².